The van der Waals surface area contributed by atoms with E-state index in [-0.39, 0.29) is 30.5 Å². The highest BCUT2D eigenvalue weighted by molar-refractivity contribution is 7.89. The molecule has 4 rings (SSSR count). The summed E-state index contributed by atoms with van der Waals surface area (Å²) in [4.78, 5) is 14.4. The van der Waals surface area contributed by atoms with Crippen LogP contribution in [0.25, 0.3) is 0 Å². The van der Waals surface area contributed by atoms with Gasteiger partial charge in [-0.05, 0) is 73.9 Å². The molecule has 1 heterocycles. The second-order valence-corrected chi connectivity index (χ2v) is 10.8. The Morgan fingerprint density at radius 1 is 0.971 bits per heavy atom. The lowest BCUT2D eigenvalue weighted by molar-refractivity contribution is -0.116. The predicted octanol–water partition coefficient (Wildman–Crippen LogP) is 4.75. The lowest BCUT2D eigenvalue weighted by Gasteiger charge is -2.23. The van der Waals surface area contributed by atoms with Crippen LogP contribution in [0.1, 0.15) is 34.7 Å². The molecule has 0 fully saturated rings. The molecule has 0 saturated carbocycles. The second kappa shape index (κ2) is 9.60. The average Bonchev–Trinajstić information content (AvgIpc) is 3.02. The van der Waals surface area contributed by atoms with E-state index in [1.54, 1.807) is 24.0 Å². The Morgan fingerprint density at radius 2 is 1.71 bits per heavy atom. The van der Waals surface area contributed by atoms with E-state index in [4.69, 9.17) is 4.74 Å². The molecule has 0 aromatic heterocycles. The van der Waals surface area contributed by atoms with E-state index in [2.05, 4.69) is 0 Å². The standard InChI is InChI=1S/C27H30N2O4S/c1-19-5-9-25(10-6-19)29(22(4)30)17-23-8-12-27-24(16-23)18-28(13-14-33-27)34(31,32)26-11-7-20(2)21(3)15-26/h5-12,15-16H,13-14,17-18H2,1-4H3. The number of amides is 1. The van der Waals surface area contributed by atoms with Gasteiger partial charge in [-0.15, -0.1) is 0 Å². The number of benzene rings is 3. The van der Waals surface area contributed by atoms with Crippen LogP contribution < -0.4 is 9.64 Å². The fraction of sp³-hybridized carbons (Fsp3) is 0.296. The second-order valence-electron chi connectivity index (χ2n) is 8.82. The third kappa shape index (κ3) is 5.00. The Morgan fingerprint density at radius 3 is 2.38 bits per heavy atom. The number of rotatable bonds is 5. The Bertz CT molecular complexity index is 1320. The molecule has 0 radical (unpaired) electrons. The summed E-state index contributed by atoms with van der Waals surface area (Å²) in [6.45, 7) is 8.57. The summed E-state index contributed by atoms with van der Waals surface area (Å²) >= 11 is 0. The van der Waals surface area contributed by atoms with Gasteiger partial charge in [0.1, 0.15) is 12.4 Å². The van der Waals surface area contributed by atoms with Crippen LogP contribution in [-0.4, -0.2) is 31.8 Å². The number of ether oxygens (including phenoxy) is 1. The predicted molar refractivity (Wildman–Crippen MR) is 133 cm³/mol. The monoisotopic (exact) mass is 478 g/mol. The molecule has 3 aromatic carbocycles. The van der Waals surface area contributed by atoms with E-state index in [0.717, 1.165) is 33.5 Å². The molecule has 1 amide bonds. The molecule has 6 nitrogen and oxygen atoms in total. The zero-order valence-electron chi connectivity index (χ0n) is 20.0. The lowest BCUT2D eigenvalue weighted by Crippen LogP contribution is -2.32. The van der Waals surface area contributed by atoms with Crippen molar-refractivity contribution in [2.45, 2.75) is 45.7 Å². The molecular weight excluding hydrogens is 448 g/mol. The molecule has 7 heteroatoms. The smallest absolute Gasteiger partial charge is 0.243 e. The van der Waals surface area contributed by atoms with Crippen molar-refractivity contribution >= 4 is 21.6 Å². The van der Waals surface area contributed by atoms with Gasteiger partial charge < -0.3 is 9.64 Å². The fourth-order valence-electron chi connectivity index (χ4n) is 4.04. The molecule has 1 aliphatic rings. The number of carbonyl (C=O) groups is 1. The van der Waals surface area contributed by atoms with E-state index in [9.17, 15) is 13.2 Å². The first kappa shape index (κ1) is 24.0. The quantitative estimate of drug-likeness (QED) is 0.531. The van der Waals surface area contributed by atoms with Crippen molar-refractivity contribution in [3.8, 4) is 5.75 Å². The molecular formula is C27H30N2O4S. The first-order valence-electron chi connectivity index (χ1n) is 11.3. The summed E-state index contributed by atoms with van der Waals surface area (Å²) < 4.78 is 34.1. The number of sulfonamides is 1. The number of hydrogen-bond donors (Lipinski definition) is 0. The number of fused-ring (bicyclic) bond motifs is 1. The van der Waals surface area contributed by atoms with Gasteiger partial charge in [0, 0.05) is 31.3 Å². The normalized spacial score (nSPS) is 14.1. The van der Waals surface area contributed by atoms with Crippen LogP contribution in [0, 0.1) is 20.8 Å². The summed E-state index contributed by atoms with van der Waals surface area (Å²) in [7, 11) is -3.67. The summed E-state index contributed by atoms with van der Waals surface area (Å²) in [5.41, 5.74) is 5.63. The van der Waals surface area contributed by atoms with Crippen LogP contribution in [0.4, 0.5) is 5.69 Å². The van der Waals surface area contributed by atoms with Crippen LogP contribution in [-0.2, 0) is 27.9 Å². The number of carbonyl (C=O) groups excluding carboxylic acids is 1. The Balaban J connectivity index is 1.62. The first-order valence-corrected chi connectivity index (χ1v) is 12.8. The van der Waals surface area contributed by atoms with Gasteiger partial charge in [-0.3, -0.25) is 4.79 Å². The largest absolute Gasteiger partial charge is 0.492 e. The summed E-state index contributed by atoms with van der Waals surface area (Å²) in [5.74, 6) is 0.611. The number of aryl methyl sites for hydroxylation is 3. The molecule has 0 aliphatic carbocycles. The SMILES string of the molecule is CC(=O)N(Cc1ccc2c(c1)CN(S(=O)(=O)c1ccc(C)c(C)c1)CCO2)c1ccc(C)cc1. The van der Waals surface area contributed by atoms with Gasteiger partial charge in [-0.25, -0.2) is 8.42 Å². The highest BCUT2D eigenvalue weighted by Gasteiger charge is 2.28. The average molecular weight is 479 g/mol. The van der Waals surface area contributed by atoms with E-state index in [0.29, 0.717) is 12.3 Å². The van der Waals surface area contributed by atoms with Gasteiger partial charge in [0.25, 0.3) is 0 Å². The number of hydrogen-bond acceptors (Lipinski definition) is 4. The highest BCUT2D eigenvalue weighted by Crippen LogP contribution is 2.29. The van der Waals surface area contributed by atoms with Gasteiger partial charge in [-0.2, -0.15) is 4.31 Å². The molecule has 0 spiro atoms. The van der Waals surface area contributed by atoms with Crippen LogP contribution in [0.2, 0.25) is 0 Å². The zero-order valence-corrected chi connectivity index (χ0v) is 20.9. The molecule has 34 heavy (non-hydrogen) atoms. The van der Waals surface area contributed by atoms with Gasteiger partial charge in [-0.1, -0.05) is 29.8 Å². The highest BCUT2D eigenvalue weighted by atomic mass is 32.2. The van der Waals surface area contributed by atoms with E-state index >= 15 is 0 Å². The minimum absolute atomic E-state index is 0.0611. The van der Waals surface area contributed by atoms with E-state index in [1.165, 1.54) is 4.31 Å². The molecule has 3 aromatic rings. The maximum Gasteiger partial charge on any atom is 0.243 e. The molecule has 0 atom stereocenters. The first-order chi connectivity index (χ1) is 16.1. The minimum atomic E-state index is -3.67. The van der Waals surface area contributed by atoms with Crippen molar-refractivity contribution in [1.82, 2.24) is 4.31 Å². The summed E-state index contributed by atoms with van der Waals surface area (Å²) in [6, 6.07) is 18.8. The molecule has 0 saturated heterocycles. The molecule has 1 aliphatic heterocycles. The van der Waals surface area contributed by atoms with Crippen molar-refractivity contribution in [2.75, 3.05) is 18.1 Å². The van der Waals surface area contributed by atoms with Crippen LogP contribution in [0.5, 0.6) is 5.75 Å². The van der Waals surface area contributed by atoms with Crippen molar-refractivity contribution < 1.29 is 17.9 Å². The third-order valence-electron chi connectivity index (χ3n) is 6.25. The summed E-state index contributed by atoms with van der Waals surface area (Å²) in [5, 5.41) is 0. The van der Waals surface area contributed by atoms with E-state index < -0.39 is 10.0 Å². The molecule has 0 N–H and O–H groups in total. The molecule has 0 unspecified atom stereocenters. The van der Waals surface area contributed by atoms with Crippen LogP contribution in [0.3, 0.4) is 0 Å². The minimum Gasteiger partial charge on any atom is -0.492 e. The van der Waals surface area contributed by atoms with Gasteiger partial charge in [0.05, 0.1) is 11.4 Å². The number of nitrogens with zero attached hydrogens (tertiary/aromatic N) is 2. The topological polar surface area (TPSA) is 66.9 Å². The third-order valence-corrected chi connectivity index (χ3v) is 8.09. The van der Waals surface area contributed by atoms with Gasteiger partial charge >= 0.3 is 0 Å². The van der Waals surface area contributed by atoms with Crippen LogP contribution >= 0.6 is 0 Å². The van der Waals surface area contributed by atoms with Gasteiger partial charge in [0.2, 0.25) is 15.9 Å². The maximum atomic E-state index is 13.4. The lowest BCUT2D eigenvalue weighted by atomic mass is 10.1. The van der Waals surface area contributed by atoms with Gasteiger partial charge in [0.15, 0.2) is 0 Å². The molecule has 0 bridgehead atoms. The Kier molecular flexibility index (Phi) is 6.77. The zero-order chi connectivity index (χ0) is 24.5. The van der Waals surface area contributed by atoms with Crippen molar-refractivity contribution in [2.24, 2.45) is 0 Å². The maximum absolute atomic E-state index is 13.4. The van der Waals surface area contributed by atoms with Crippen molar-refractivity contribution in [3.63, 3.8) is 0 Å². The van der Waals surface area contributed by atoms with E-state index in [1.807, 2.05) is 69.3 Å². The van der Waals surface area contributed by atoms with Crippen molar-refractivity contribution in [1.29, 1.82) is 0 Å². The van der Waals surface area contributed by atoms with Crippen molar-refractivity contribution in [3.05, 3.63) is 88.5 Å². The Labute approximate surface area is 201 Å². The summed E-state index contributed by atoms with van der Waals surface area (Å²) in [6.07, 6.45) is 0. The fourth-order valence-corrected chi connectivity index (χ4v) is 5.53. The Hall–Kier alpha value is -3.16. The number of anilines is 1. The van der Waals surface area contributed by atoms with Crippen LogP contribution in [0.15, 0.2) is 65.6 Å². The molecule has 178 valence electrons.